The molecule has 1 atom stereocenters. The summed E-state index contributed by atoms with van der Waals surface area (Å²) in [4.78, 5) is 0. The van der Waals surface area contributed by atoms with Crippen LogP contribution in [0.25, 0.3) is 0 Å². The van der Waals surface area contributed by atoms with Gasteiger partial charge in [0.05, 0.1) is 6.04 Å². The Balaban J connectivity index is 3.51. The summed E-state index contributed by atoms with van der Waals surface area (Å²) in [6.45, 7) is 6.40. The van der Waals surface area contributed by atoms with Crippen molar-refractivity contribution in [1.29, 1.82) is 0 Å². The van der Waals surface area contributed by atoms with E-state index in [2.05, 4.69) is 19.2 Å². The molecule has 0 radical (unpaired) electrons. The maximum atomic E-state index is 12.0. The maximum absolute atomic E-state index is 12.0. The average molecular weight is 179 g/mol. The van der Waals surface area contributed by atoms with Crippen molar-refractivity contribution in [3.63, 3.8) is 0 Å². The summed E-state index contributed by atoms with van der Waals surface area (Å²) in [5, 5.41) is 2.83. The first kappa shape index (κ1) is 11.8. The minimum absolute atomic E-state index is 0.534. The molecule has 0 bridgehead atoms. The number of alkyl halides is 2. The lowest BCUT2D eigenvalue weighted by molar-refractivity contribution is 0.104. The molecule has 0 amide bonds. The zero-order chi connectivity index (χ0) is 9.56. The Morgan fingerprint density at radius 3 is 2.00 bits per heavy atom. The van der Waals surface area contributed by atoms with E-state index in [0.29, 0.717) is 12.5 Å². The van der Waals surface area contributed by atoms with Crippen LogP contribution in [-0.4, -0.2) is 19.0 Å². The zero-order valence-corrected chi connectivity index (χ0v) is 8.11. The Morgan fingerprint density at radius 1 is 1.17 bits per heavy atom. The third-order valence-electron chi connectivity index (χ3n) is 2.26. The van der Waals surface area contributed by atoms with Gasteiger partial charge in [0.1, 0.15) is 0 Å². The average Bonchev–Trinajstić information content (AvgIpc) is 2.05. The third-order valence-corrected chi connectivity index (χ3v) is 2.26. The molecule has 0 rings (SSSR count). The highest BCUT2D eigenvalue weighted by Crippen LogP contribution is 2.07. The van der Waals surface area contributed by atoms with Crippen LogP contribution in [0.1, 0.15) is 33.6 Å². The molecule has 12 heavy (non-hydrogen) atoms. The number of halogens is 2. The molecule has 0 aromatic rings. The van der Waals surface area contributed by atoms with Crippen molar-refractivity contribution in [2.45, 2.75) is 46.1 Å². The molecule has 0 spiro atoms. The highest BCUT2D eigenvalue weighted by molar-refractivity contribution is 4.66. The fourth-order valence-corrected chi connectivity index (χ4v) is 1.02. The number of hydrogen-bond acceptors (Lipinski definition) is 1. The second kappa shape index (κ2) is 6.35. The minimum atomic E-state index is -2.25. The van der Waals surface area contributed by atoms with Crippen LogP contribution in [0.2, 0.25) is 0 Å². The lowest BCUT2D eigenvalue weighted by atomic mass is 10.0. The minimum Gasteiger partial charge on any atom is -0.309 e. The number of rotatable bonds is 6. The standard InChI is InChI=1S/C9H19F2N/c1-4-8(5-2)6-12-7(3)9(10)11/h7-9,12H,4-6H2,1-3H3. The smallest absolute Gasteiger partial charge is 0.253 e. The summed E-state index contributed by atoms with van der Waals surface area (Å²) < 4.78 is 24.0. The van der Waals surface area contributed by atoms with E-state index < -0.39 is 12.5 Å². The SMILES string of the molecule is CCC(CC)CNC(C)C(F)F. The third kappa shape index (κ3) is 4.65. The van der Waals surface area contributed by atoms with E-state index in [9.17, 15) is 8.78 Å². The first-order valence-electron chi connectivity index (χ1n) is 4.63. The maximum Gasteiger partial charge on any atom is 0.253 e. The van der Waals surface area contributed by atoms with Crippen molar-refractivity contribution in [3.05, 3.63) is 0 Å². The summed E-state index contributed by atoms with van der Waals surface area (Å²) in [5.41, 5.74) is 0. The molecule has 1 nitrogen and oxygen atoms in total. The van der Waals surface area contributed by atoms with Crippen LogP contribution in [0.5, 0.6) is 0 Å². The van der Waals surface area contributed by atoms with Gasteiger partial charge in [-0.2, -0.15) is 0 Å². The Bertz CT molecular complexity index is 101. The fraction of sp³-hybridized carbons (Fsp3) is 1.00. The molecule has 1 unspecified atom stereocenters. The molecule has 74 valence electrons. The van der Waals surface area contributed by atoms with Crippen LogP contribution >= 0.6 is 0 Å². The van der Waals surface area contributed by atoms with E-state index in [1.54, 1.807) is 0 Å². The van der Waals surface area contributed by atoms with E-state index in [-0.39, 0.29) is 0 Å². The van der Waals surface area contributed by atoms with E-state index in [1.807, 2.05) is 0 Å². The first-order chi connectivity index (χ1) is 5.61. The summed E-state index contributed by atoms with van der Waals surface area (Å²) in [6, 6.07) is -0.675. The van der Waals surface area contributed by atoms with Gasteiger partial charge in [-0.3, -0.25) is 0 Å². The van der Waals surface area contributed by atoms with Crippen molar-refractivity contribution >= 4 is 0 Å². The highest BCUT2D eigenvalue weighted by atomic mass is 19.3. The molecule has 0 aliphatic carbocycles. The van der Waals surface area contributed by atoms with Gasteiger partial charge in [0.2, 0.25) is 0 Å². The first-order valence-corrected chi connectivity index (χ1v) is 4.63. The fourth-order valence-electron chi connectivity index (χ4n) is 1.02. The molecule has 1 N–H and O–H groups in total. The second-order valence-corrected chi connectivity index (χ2v) is 3.21. The van der Waals surface area contributed by atoms with Crippen molar-refractivity contribution in [3.8, 4) is 0 Å². The van der Waals surface area contributed by atoms with E-state index in [0.717, 1.165) is 12.8 Å². The van der Waals surface area contributed by atoms with Crippen molar-refractivity contribution in [1.82, 2.24) is 5.32 Å². The summed E-state index contributed by atoms with van der Waals surface area (Å²) >= 11 is 0. The Morgan fingerprint density at radius 2 is 1.67 bits per heavy atom. The largest absolute Gasteiger partial charge is 0.309 e. The molecule has 3 heteroatoms. The molecule has 0 fully saturated rings. The predicted octanol–water partition coefficient (Wildman–Crippen LogP) is 2.67. The normalized spacial score (nSPS) is 14.2. The van der Waals surface area contributed by atoms with Gasteiger partial charge >= 0.3 is 0 Å². The molecular formula is C9H19F2N. The van der Waals surface area contributed by atoms with Crippen LogP contribution < -0.4 is 5.32 Å². The molecule has 0 aliphatic rings. The van der Waals surface area contributed by atoms with Gasteiger partial charge in [0.15, 0.2) is 0 Å². The molecule has 0 saturated heterocycles. The van der Waals surface area contributed by atoms with Gasteiger partial charge in [-0.25, -0.2) is 8.78 Å². The van der Waals surface area contributed by atoms with Crippen LogP contribution in [0.3, 0.4) is 0 Å². The van der Waals surface area contributed by atoms with Crippen molar-refractivity contribution in [2.24, 2.45) is 5.92 Å². The van der Waals surface area contributed by atoms with Crippen molar-refractivity contribution in [2.75, 3.05) is 6.54 Å². The Hall–Kier alpha value is -0.180. The van der Waals surface area contributed by atoms with E-state index >= 15 is 0 Å². The number of nitrogens with one attached hydrogen (secondary N) is 1. The van der Waals surface area contributed by atoms with Gasteiger partial charge < -0.3 is 5.32 Å². The van der Waals surface area contributed by atoms with Crippen LogP contribution in [0.4, 0.5) is 8.78 Å². The quantitative estimate of drug-likeness (QED) is 0.661. The van der Waals surface area contributed by atoms with E-state index in [4.69, 9.17) is 0 Å². The van der Waals surface area contributed by atoms with Gasteiger partial charge in [0, 0.05) is 0 Å². The van der Waals surface area contributed by atoms with Gasteiger partial charge in [0.25, 0.3) is 6.43 Å². The summed E-state index contributed by atoms with van der Waals surface area (Å²) in [6.07, 6.45) is -0.141. The van der Waals surface area contributed by atoms with Crippen molar-refractivity contribution < 1.29 is 8.78 Å². The highest BCUT2D eigenvalue weighted by Gasteiger charge is 2.14. The van der Waals surface area contributed by atoms with Crippen LogP contribution in [-0.2, 0) is 0 Å². The molecule has 0 aromatic carbocycles. The van der Waals surface area contributed by atoms with Gasteiger partial charge in [-0.05, 0) is 19.4 Å². The molecule has 0 saturated carbocycles. The Labute approximate surface area is 73.5 Å². The molecule has 0 aromatic heterocycles. The molecular weight excluding hydrogens is 160 g/mol. The summed E-state index contributed by atoms with van der Waals surface area (Å²) in [5.74, 6) is 0.534. The van der Waals surface area contributed by atoms with Crippen LogP contribution in [0, 0.1) is 5.92 Å². The summed E-state index contributed by atoms with van der Waals surface area (Å²) in [7, 11) is 0. The molecule has 0 aliphatic heterocycles. The molecule has 0 heterocycles. The zero-order valence-electron chi connectivity index (χ0n) is 8.11. The van der Waals surface area contributed by atoms with Gasteiger partial charge in [-0.15, -0.1) is 0 Å². The van der Waals surface area contributed by atoms with E-state index in [1.165, 1.54) is 6.92 Å². The van der Waals surface area contributed by atoms with Gasteiger partial charge in [-0.1, -0.05) is 26.7 Å². The lowest BCUT2D eigenvalue weighted by Crippen LogP contribution is -2.35. The topological polar surface area (TPSA) is 12.0 Å². The Kier molecular flexibility index (Phi) is 6.25. The monoisotopic (exact) mass is 179 g/mol. The predicted molar refractivity (Wildman–Crippen MR) is 47.5 cm³/mol. The number of hydrogen-bond donors (Lipinski definition) is 1. The lowest BCUT2D eigenvalue weighted by Gasteiger charge is -2.17. The van der Waals surface area contributed by atoms with Crippen LogP contribution in [0.15, 0.2) is 0 Å². The second-order valence-electron chi connectivity index (χ2n) is 3.21.